The van der Waals surface area contributed by atoms with Gasteiger partial charge in [-0.25, -0.2) is 9.97 Å². The third-order valence-corrected chi connectivity index (χ3v) is 3.64. The summed E-state index contributed by atoms with van der Waals surface area (Å²) >= 11 is 5.96. The van der Waals surface area contributed by atoms with Crippen LogP contribution in [0.4, 0.5) is 5.82 Å². The first kappa shape index (κ1) is 13.8. The molecule has 0 radical (unpaired) electrons. The lowest BCUT2D eigenvalue weighted by molar-refractivity contribution is 0.704. The van der Waals surface area contributed by atoms with E-state index in [1.54, 1.807) is 0 Å². The van der Waals surface area contributed by atoms with Crippen molar-refractivity contribution in [2.24, 2.45) is 0 Å². The fraction of sp³-hybridized carbons (Fsp3) is 0.333. The van der Waals surface area contributed by atoms with Crippen LogP contribution in [-0.4, -0.2) is 16.5 Å². The Morgan fingerprint density at radius 3 is 2.68 bits per heavy atom. The van der Waals surface area contributed by atoms with Crippen molar-refractivity contribution in [2.75, 3.05) is 11.9 Å². The maximum atomic E-state index is 5.96. The highest BCUT2D eigenvalue weighted by atomic mass is 35.5. The first-order valence-electron chi connectivity index (χ1n) is 6.44. The summed E-state index contributed by atoms with van der Waals surface area (Å²) in [6.45, 7) is 5.02. The predicted octanol–water partition coefficient (Wildman–Crippen LogP) is 4.04. The van der Waals surface area contributed by atoms with Crippen LogP contribution in [0.2, 0.25) is 5.15 Å². The van der Waals surface area contributed by atoms with Gasteiger partial charge in [-0.2, -0.15) is 0 Å². The Labute approximate surface area is 119 Å². The van der Waals surface area contributed by atoms with Crippen molar-refractivity contribution in [1.82, 2.24) is 9.97 Å². The van der Waals surface area contributed by atoms with Crippen molar-refractivity contribution >= 4 is 17.4 Å². The average molecular weight is 276 g/mol. The molecule has 0 saturated carbocycles. The standard InChI is InChI=1S/C15H18ClN3/c1-11(13-6-4-3-5-7-13)8-9-17-15-12(2)14(16)18-10-19-15/h3-7,10-11H,8-9H2,1-2H3,(H,17,18,19). The summed E-state index contributed by atoms with van der Waals surface area (Å²) in [5.41, 5.74) is 2.26. The summed E-state index contributed by atoms with van der Waals surface area (Å²) in [6, 6.07) is 10.5. The van der Waals surface area contributed by atoms with Crippen LogP contribution in [0.25, 0.3) is 0 Å². The molecule has 3 nitrogen and oxygen atoms in total. The Morgan fingerprint density at radius 1 is 1.21 bits per heavy atom. The minimum absolute atomic E-state index is 0.508. The zero-order valence-electron chi connectivity index (χ0n) is 11.2. The molecule has 0 amide bonds. The maximum Gasteiger partial charge on any atom is 0.137 e. The normalized spacial score (nSPS) is 12.2. The molecule has 1 unspecified atom stereocenters. The second-order valence-corrected chi connectivity index (χ2v) is 5.02. The molecule has 2 aromatic rings. The Hall–Kier alpha value is -1.61. The topological polar surface area (TPSA) is 37.8 Å². The minimum Gasteiger partial charge on any atom is -0.370 e. The van der Waals surface area contributed by atoms with Gasteiger partial charge < -0.3 is 5.32 Å². The van der Waals surface area contributed by atoms with Crippen LogP contribution in [0, 0.1) is 6.92 Å². The van der Waals surface area contributed by atoms with Crippen molar-refractivity contribution in [3.63, 3.8) is 0 Å². The van der Waals surface area contributed by atoms with Gasteiger partial charge in [0.1, 0.15) is 17.3 Å². The van der Waals surface area contributed by atoms with Crippen molar-refractivity contribution < 1.29 is 0 Å². The van der Waals surface area contributed by atoms with E-state index >= 15 is 0 Å². The van der Waals surface area contributed by atoms with Crippen molar-refractivity contribution in [3.8, 4) is 0 Å². The van der Waals surface area contributed by atoms with E-state index in [-0.39, 0.29) is 0 Å². The maximum absolute atomic E-state index is 5.96. The molecule has 1 atom stereocenters. The molecule has 4 heteroatoms. The van der Waals surface area contributed by atoms with E-state index in [9.17, 15) is 0 Å². The first-order chi connectivity index (χ1) is 9.18. The highest BCUT2D eigenvalue weighted by molar-refractivity contribution is 6.30. The fourth-order valence-electron chi connectivity index (χ4n) is 1.96. The molecule has 0 fully saturated rings. The van der Waals surface area contributed by atoms with Gasteiger partial charge in [0.2, 0.25) is 0 Å². The second-order valence-electron chi connectivity index (χ2n) is 4.67. The molecular formula is C15H18ClN3. The number of nitrogens with one attached hydrogen (secondary N) is 1. The van der Waals surface area contributed by atoms with Gasteiger partial charge in [0, 0.05) is 12.1 Å². The molecule has 0 spiro atoms. The van der Waals surface area contributed by atoms with Gasteiger partial charge in [-0.3, -0.25) is 0 Å². The number of rotatable bonds is 5. The number of benzene rings is 1. The molecule has 1 aromatic carbocycles. The summed E-state index contributed by atoms with van der Waals surface area (Å²) in [5.74, 6) is 1.34. The Morgan fingerprint density at radius 2 is 1.95 bits per heavy atom. The Bertz CT molecular complexity index is 528. The molecule has 1 N–H and O–H groups in total. The Balaban J connectivity index is 1.88. The number of aromatic nitrogens is 2. The number of halogens is 1. The van der Waals surface area contributed by atoms with Crippen molar-refractivity contribution in [1.29, 1.82) is 0 Å². The summed E-state index contributed by atoms with van der Waals surface area (Å²) in [5, 5.41) is 3.83. The quantitative estimate of drug-likeness (QED) is 0.837. The van der Waals surface area contributed by atoms with E-state index in [0.29, 0.717) is 11.1 Å². The molecule has 0 aliphatic rings. The molecule has 0 aliphatic heterocycles. The van der Waals surface area contributed by atoms with E-state index in [4.69, 9.17) is 11.6 Å². The molecule has 0 saturated heterocycles. The molecule has 0 aliphatic carbocycles. The highest BCUT2D eigenvalue weighted by Gasteiger charge is 2.07. The molecule has 0 bridgehead atoms. The van der Waals surface area contributed by atoms with Gasteiger partial charge in [-0.15, -0.1) is 0 Å². The second kappa shape index (κ2) is 6.53. The molecule has 2 rings (SSSR count). The largest absolute Gasteiger partial charge is 0.370 e. The third-order valence-electron chi connectivity index (χ3n) is 3.26. The van der Waals surface area contributed by atoms with Crippen molar-refractivity contribution in [2.45, 2.75) is 26.2 Å². The van der Waals surface area contributed by atoms with Crippen LogP contribution in [0.1, 0.15) is 30.4 Å². The highest BCUT2D eigenvalue weighted by Crippen LogP contribution is 2.20. The van der Waals surface area contributed by atoms with E-state index in [1.165, 1.54) is 11.9 Å². The van der Waals surface area contributed by atoms with Gasteiger partial charge >= 0.3 is 0 Å². The molecule has 1 heterocycles. The van der Waals surface area contributed by atoms with E-state index in [0.717, 1.165) is 24.3 Å². The fourth-order valence-corrected chi connectivity index (χ4v) is 2.10. The van der Waals surface area contributed by atoms with Crippen LogP contribution in [0.15, 0.2) is 36.7 Å². The summed E-state index contributed by atoms with van der Waals surface area (Å²) < 4.78 is 0. The molecule has 100 valence electrons. The van der Waals surface area contributed by atoms with Crippen LogP contribution < -0.4 is 5.32 Å². The summed E-state index contributed by atoms with van der Waals surface area (Å²) in [6.07, 6.45) is 2.53. The van der Waals surface area contributed by atoms with E-state index in [2.05, 4.69) is 46.5 Å². The van der Waals surface area contributed by atoms with Gasteiger partial charge in [-0.05, 0) is 24.8 Å². The van der Waals surface area contributed by atoms with Gasteiger partial charge in [0.25, 0.3) is 0 Å². The van der Waals surface area contributed by atoms with Crippen molar-refractivity contribution in [3.05, 3.63) is 52.9 Å². The third kappa shape index (κ3) is 3.67. The average Bonchev–Trinajstić information content (AvgIpc) is 2.44. The molecule has 19 heavy (non-hydrogen) atoms. The van der Waals surface area contributed by atoms with Gasteiger partial charge in [0.15, 0.2) is 0 Å². The lowest BCUT2D eigenvalue weighted by atomic mass is 9.98. The number of anilines is 1. The smallest absolute Gasteiger partial charge is 0.137 e. The van der Waals surface area contributed by atoms with E-state index < -0.39 is 0 Å². The zero-order chi connectivity index (χ0) is 13.7. The number of hydrogen-bond acceptors (Lipinski definition) is 3. The lowest BCUT2D eigenvalue weighted by Gasteiger charge is -2.13. The van der Waals surface area contributed by atoms with Crippen LogP contribution in [0.3, 0.4) is 0 Å². The van der Waals surface area contributed by atoms with Crippen LogP contribution in [-0.2, 0) is 0 Å². The Kier molecular flexibility index (Phi) is 4.74. The first-order valence-corrected chi connectivity index (χ1v) is 6.82. The van der Waals surface area contributed by atoms with Gasteiger partial charge in [0.05, 0.1) is 0 Å². The molecular weight excluding hydrogens is 258 g/mol. The van der Waals surface area contributed by atoms with Crippen LogP contribution >= 0.6 is 11.6 Å². The number of hydrogen-bond donors (Lipinski definition) is 1. The SMILES string of the molecule is Cc1c(Cl)ncnc1NCCC(C)c1ccccc1. The summed E-state index contributed by atoms with van der Waals surface area (Å²) in [7, 11) is 0. The molecule has 1 aromatic heterocycles. The monoisotopic (exact) mass is 275 g/mol. The van der Waals surface area contributed by atoms with Gasteiger partial charge in [-0.1, -0.05) is 48.9 Å². The lowest BCUT2D eigenvalue weighted by Crippen LogP contribution is -2.08. The number of nitrogens with zero attached hydrogens (tertiary/aromatic N) is 2. The zero-order valence-corrected chi connectivity index (χ0v) is 12.0. The minimum atomic E-state index is 0.508. The summed E-state index contributed by atoms with van der Waals surface area (Å²) in [4.78, 5) is 8.15. The van der Waals surface area contributed by atoms with E-state index in [1.807, 2.05) is 13.0 Å². The van der Waals surface area contributed by atoms with Crippen LogP contribution in [0.5, 0.6) is 0 Å². The predicted molar refractivity (Wildman–Crippen MR) is 79.7 cm³/mol.